The molecule has 0 aliphatic rings. The van der Waals surface area contributed by atoms with E-state index in [0.29, 0.717) is 34.8 Å². The standard InChI is InChI=1S/C18H17BrN2O3/c1-3-8-24-16-10-13(19)12(9-15(16)23-2)17-20-14-7-5-4-6-11(14)18(22)21-17/h4-7,9-10H,3,8H2,1-2H3,(H,20,21,22). The van der Waals surface area contributed by atoms with Crippen molar-refractivity contribution in [1.29, 1.82) is 0 Å². The fourth-order valence-electron chi connectivity index (χ4n) is 2.41. The molecule has 1 heterocycles. The van der Waals surface area contributed by atoms with Crippen LogP contribution < -0.4 is 15.0 Å². The summed E-state index contributed by atoms with van der Waals surface area (Å²) in [4.78, 5) is 19.7. The fraction of sp³-hybridized carbons (Fsp3) is 0.222. The summed E-state index contributed by atoms with van der Waals surface area (Å²) in [5.74, 6) is 1.72. The van der Waals surface area contributed by atoms with Crippen LogP contribution in [0.15, 0.2) is 45.7 Å². The molecule has 124 valence electrons. The highest BCUT2D eigenvalue weighted by Crippen LogP contribution is 2.37. The Bertz CT molecular complexity index is 937. The maximum atomic E-state index is 12.3. The van der Waals surface area contributed by atoms with Crippen LogP contribution in [0.25, 0.3) is 22.3 Å². The SMILES string of the molecule is CCCOc1cc(Br)c(-c2nc3ccccc3c(=O)[nH]2)cc1OC. The normalized spacial score (nSPS) is 10.8. The zero-order valence-corrected chi connectivity index (χ0v) is 15.0. The Balaban J connectivity index is 2.14. The minimum absolute atomic E-state index is 0.173. The summed E-state index contributed by atoms with van der Waals surface area (Å²) < 4.78 is 11.9. The van der Waals surface area contributed by atoms with E-state index in [1.54, 1.807) is 13.2 Å². The molecular formula is C18H17BrN2O3. The minimum atomic E-state index is -0.173. The molecule has 6 heteroatoms. The van der Waals surface area contributed by atoms with Crippen molar-refractivity contribution in [3.05, 3.63) is 51.2 Å². The Morgan fingerprint density at radius 2 is 2.00 bits per heavy atom. The van der Waals surface area contributed by atoms with Crippen LogP contribution in [0.5, 0.6) is 11.5 Å². The molecule has 0 saturated carbocycles. The Hall–Kier alpha value is -2.34. The molecule has 5 nitrogen and oxygen atoms in total. The van der Waals surface area contributed by atoms with Gasteiger partial charge in [-0.1, -0.05) is 19.1 Å². The molecule has 3 aromatic rings. The van der Waals surface area contributed by atoms with Gasteiger partial charge in [0.2, 0.25) is 0 Å². The monoisotopic (exact) mass is 388 g/mol. The Labute approximate surface area is 147 Å². The number of halogens is 1. The number of hydrogen-bond acceptors (Lipinski definition) is 4. The molecule has 2 aromatic carbocycles. The summed E-state index contributed by atoms with van der Waals surface area (Å²) in [6.07, 6.45) is 0.905. The van der Waals surface area contributed by atoms with Gasteiger partial charge >= 0.3 is 0 Å². The van der Waals surface area contributed by atoms with Crippen LogP contribution in [0.2, 0.25) is 0 Å². The van der Waals surface area contributed by atoms with Gasteiger partial charge in [0.25, 0.3) is 5.56 Å². The molecule has 0 aliphatic heterocycles. The van der Waals surface area contributed by atoms with Crippen LogP contribution >= 0.6 is 15.9 Å². The second-order valence-corrected chi connectivity index (χ2v) is 6.12. The number of nitrogens with one attached hydrogen (secondary N) is 1. The first kappa shape index (κ1) is 16.5. The smallest absolute Gasteiger partial charge is 0.259 e. The average molecular weight is 389 g/mol. The number of rotatable bonds is 5. The Morgan fingerprint density at radius 1 is 1.21 bits per heavy atom. The first-order valence-electron chi connectivity index (χ1n) is 7.63. The number of ether oxygens (including phenoxy) is 2. The molecule has 1 aromatic heterocycles. The predicted octanol–water partition coefficient (Wildman–Crippen LogP) is 4.15. The largest absolute Gasteiger partial charge is 0.493 e. The van der Waals surface area contributed by atoms with Crippen LogP contribution in [0.4, 0.5) is 0 Å². The Kier molecular flexibility index (Phi) is 4.85. The van der Waals surface area contributed by atoms with Gasteiger partial charge in [-0.2, -0.15) is 0 Å². The molecule has 0 radical (unpaired) electrons. The van der Waals surface area contributed by atoms with Crippen LogP contribution in [-0.2, 0) is 0 Å². The average Bonchev–Trinajstić information content (AvgIpc) is 2.60. The summed E-state index contributed by atoms with van der Waals surface area (Å²) in [7, 11) is 1.59. The fourth-order valence-corrected chi connectivity index (χ4v) is 2.93. The molecule has 0 atom stereocenters. The molecule has 24 heavy (non-hydrogen) atoms. The van der Waals surface area contributed by atoms with E-state index < -0.39 is 0 Å². The highest BCUT2D eigenvalue weighted by atomic mass is 79.9. The van der Waals surface area contributed by atoms with Crippen molar-refractivity contribution in [1.82, 2.24) is 9.97 Å². The molecule has 0 bridgehead atoms. The third-order valence-corrected chi connectivity index (χ3v) is 4.24. The lowest BCUT2D eigenvalue weighted by molar-refractivity contribution is 0.294. The summed E-state index contributed by atoms with van der Waals surface area (Å²) in [5, 5.41) is 0.562. The summed E-state index contributed by atoms with van der Waals surface area (Å²) >= 11 is 3.53. The van der Waals surface area contributed by atoms with E-state index in [0.717, 1.165) is 16.5 Å². The third-order valence-electron chi connectivity index (χ3n) is 3.58. The van der Waals surface area contributed by atoms with E-state index in [4.69, 9.17) is 9.47 Å². The number of methoxy groups -OCH3 is 1. The van der Waals surface area contributed by atoms with E-state index in [-0.39, 0.29) is 5.56 Å². The van der Waals surface area contributed by atoms with E-state index in [1.807, 2.05) is 37.3 Å². The molecule has 0 amide bonds. The topological polar surface area (TPSA) is 64.2 Å². The van der Waals surface area contributed by atoms with E-state index in [1.165, 1.54) is 0 Å². The third kappa shape index (κ3) is 3.14. The number of nitrogens with zero attached hydrogens (tertiary/aromatic N) is 1. The maximum Gasteiger partial charge on any atom is 0.259 e. The summed E-state index contributed by atoms with van der Waals surface area (Å²) in [5.41, 5.74) is 1.21. The van der Waals surface area contributed by atoms with E-state index in [9.17, 15) is 4.79 Å². The van der Waals surface area contributed by atoms with Crippen molar-refractivity contribution in [2.45, 2.75) is 13.3 Å². The number of aromatic nitrogens is 2. The first-order chi connectivity index (χ1) is 11.6. The number of fused-ring (bicyclic) bond motifs is 1. The molecule has 0 spiro atoms. The number of benzene rings is 2. The quantitative estimate of drug-likeness (QED) is 0.712. The maximum absolute atomic E-state index is 12.3. The van der Waals surface area contributed by atoms with Crippen LogP contribution in [-0.4, -0.2) is 23.7 Å². The molecule has 0 saturated heterocycles. The number of hydrogen-bond donors (Lipinski definition) is 1. The minimum Gasteiger partial charge on any atom is -0.493 e. The van der Waals surface area contributed by atoms with Gasteiger partial charge in [0.15, 0.2) is 11.5 Å². The number of H-pyrrole nitrogens is 1. The second-order valence-electron chi connectivity index (χ2n) is 5.26. The van der Waals surface area contributed by atoms with E-state index in [2.05, 4.69) is 25.9 Å². The van der Waals surface area contributed by atoms with Crippen LogP contribution in [0, 0.1) is 0 Å². The van der Waals surface area contributed by atoms with Crippen molar-refractivity contribution in [2.24, 2.45) is 0 Å². The molecule has 3 rings (SSSR count). The zero-order valence-electron chi connectivity index (χ0n) is 13.4. The lowest BCUT2D eigenvalue weighted by Gasteiger charge is -2.13. The van der Waals surface area contributed by atoms with Gasteiger partial charge in [0, 0.05) is 10.0 Å². The van der Waals surface area contributed by atoms with Crippen molar-refractivity contribution in [3.63, 3.8) is 0 Å². The van der Waals surface area contributed by atoms with Crippen molar-refractivity contribution < 1.29 is 9.47 Å². The lowest BCUT2D eigenvalue weighted by atomic mass is 10.1. The van der Waals surface area contributed by atoms with Crippen LogP contribution in [0.1, 0.15) is 13.3 Å². The molecular weight excluding hydrogens is 372 g/mol. The summed E-state index contributed by atoms with van der Waals surface area (Å²) in [6, 6.07) is 10.9. The number of para-hydroxylation sites is 1. The molecule has 0 unspecified atom stereocenters. The highest BCUT2D eigenvalue weighted by Gasteiger charge is 2.14. The molecule has 0 fully saturated rings. The van der Waals surface area contributed by atoms with Crippen molar-refractivity contribution in [2.75, 3.05) is 13.7 Å². The van der Waals surface area contributed by atoms with Gasteiger partial charge in [0.05, 0.1) is 24.6 Å². The Morgan fingerprint density at radius 3 is 2.75 bits per heavy atom. The zero-order chi connectivity index (χ0) is 17.1. The second kappa shape index (κ2) is 7.05. The molecule has 1 N–H and O–H groups in total. The van der Waals surface area contributed by atoms with Gasteiger partial charge in [-0.25, -0.2) is 4.98 Å². The van der Waals surface area contributed by atoms with Gasteiger partial charge in [-0.05, 0) is 46.6 Å². The lowest BCUT2D eigenvalue weighted by Crippen LogP contribution is -2.09. The molecule has 0 aliphatic carbocycles. The van der Waals surface area contributed by atoms with Crippen molar-refractivity contribution >= 4 is 26.8 Å². The van der Waals surface area contributed by atoms with E-state index >= 15 is 0 Å². The van der Waals surface area contributed by atoms with Gasteiger partial charge < -0.3 is 14.5 Å². The van der Waals surface area contributed by atoms with Gasteiger partial charge in [-0.15, -0.1) is 0 Å². The van der Waals surface area contributed by atoms with Crippen LogP contribution in [0.3, 0.4) is 0 Å². The number of aromatic amines is 1. The van der Waals surface area contributed by atoms with Crippen molar-refractivity contribution in [3.8, 4) is 22.9 Å². The summed E-state index contributed by atoms with van der Waals surface area (Å²) in [6.45, 7) is 2.65. The predicted molar refractivity (Wildman–Crippen MR) is 97.8 cm³/mol. The first-order valence-corrected chi connectivity index (χ1v) is 8.43. The highest BCUT2D eigenvalue weighted by molar-refractivity contribution is 9.10. The van der Waals surface area contributed by atoms with Gasteiger partial charge in [-0.3, -0.25) is 4.79 Å². The van der Waals surface area contributed by atoms with Gasteiger partial charge in [0.1, 0.15) is 5.82 Å².